The zero-order chi connectivity index (χ0) is 15.5. The van der Waals surface area contributed by atoms with Gasteiger partial charge in [-0.05, 0) is 37.3 Å². The molecule has 0 aliphatic rings. The van der Waals surface area contributed by atoms with Gasteiger partial charge in [0.15, 0.2) is 11.6 Å². The molecule has 112 valence electrons. The Morgan fingerprint density at radius 3 is 2.68 bits per heavy atom. The van der Waals surface area contributed by atoms with Crippen LogP contribution >= 0.6 is 11.8 Å². The summed E-state index contributed by atoms with van der Waals surface area (Å²) >= 11 is 1.31. The Bertz CT molecular complexity index is 804. The van der Waals surface area contributed by atoms with Gasteiger partial charge in [-0.2, -0.15) is 0 Å². The van der Waals surface area contributed by atoms with Crippen LogP contribution in [0.1, 0.15) is 11.5 Å². The molecule has 3 aromatic rings. The van der Waals surface area contributed by atoms with Crippen molar-refractivity contribution in [2.24, 2.45) is 0 Å². The van der Waals surface area contributed by atoms with E-state index in [1.165, 1.54) is 17.8 Å². The molecule has 0 N–H and O–H groups in total. The minimum Gasteiger partial charge on any atom is -0.420 e. The van der Waals surface area contributed by atoms with Crippen LogP contribution in [0.4, 0.5) is 8.78 Å². The molecule has 3 nitrogen and oxygen atoms in total. The monoisotopic (exact) mass is 318 g/mol. The molecule has 0 saturated carbocycles. The molecule has 0 unspecified atom stereocenters. The molecule has 1 heterocycles. The molecule has 0 bridgehead atoms. The summed E-state index contributed by atoms with van der Waals surface area (Å²) < 4.78 is 31.6. The molecule has 3 rings (SSSR count). The van der Waals surface area contributed by atoms with Crippen LogP contribution in [-0.4, -0.2) is 10.2 Å². The highest BCUT2D eigenvalue weighted by atomic mass is 32.2. The van der Waals surface area contributed by atoms with Gasteiger partial charge in [-0.15, -0.1) is 22.0 Å². The largest absolute Gasteiger partial charge is 0.420 e. The maximum atomic E-state index is 13.1. The molecule has 0 spiro atoms. The average Bonchev–Trinajstić information content (AvgIpc) is 2.97. The third-order valence-corrected chi connectivity index (χ3v) is 3.96. The van der Waals surface area contributed by atoms with Crippen molar-refractivity contribution in [3.63, 3.8) is 0 Å². The fraction of sp³-hybridized carbons (Fsp3) is 0.125. The molecule has 0 atom stereocenters. The van der Waals surface area contributed by atoms with Crippen molar-refractivity contribution < 1.29 is 13.2 Å². The van der Waals surface area contributed by atoms with Crippen LogP contribution in [0.25, 0.3) is 11.5 Å². The van der Waals surface area contributed by atoms with E-state index in [1.54, 1.807) is 0 Å². The number of halogens is 2. The molecule has 2 aromatic carbocycles. The highest BCUT2D eigenvalue weighted by molar-refractivity contribution is 7.98. The van der Waals surface area contributed by atoms with E-state index >= 15 is 0 Å². The van der Waals surface area contributed by atoms with Crippen LogP contribution in [0.5, 0.6) is 0 Å². The number of benzene rings is 2. The molecular formula is C16H12F2N2OS. The van der Waals surface area contributed by atoms with Crippen molar-refractivity contribution >= 4 is 11.8 Å². The molecule has 6 heteroatoms. The fourth-order valence-electron chi connectivity index (χ4n) is 1.92. The Labute approximate surface area is 130 Å². The van der Waals surface area contributed by atoms with Crippen LogP contribution < -0.4 is 0 Å². The fourth-order valence-corrected chi connectivity index (χ4v) is 2.68. The maximum Gasteiger partial charge on any atom is 0.247 e. The van der Waals surface area contributed by atoms with Crippen molar-refractivity contribution in [2.45, 2.75) is 17.6 Å². The number of rotatable bonds is 4. The second-order valence-corrected chi connectivity index (χ2v) is 5.78. The van der Waals surface area contributed by atoms with E-state index in [9.17, 15) is 8.78 Å². The van der Waals surface area contributed by atoms with E-state index < -0.39 is 11.6 Å². The lowest BCUT2D eigenvalue weighted by Crippen LogP contribution is -1.85. The van der Waals surface area contributed by atoms with E-state index in [0.717, 1.165) is 23.3 Å². The Morgan fingerprint density at radius 2 is 1.91 bits per heavy atom. The van der Waals surface area contributed by atoms with Gasteiger partial charge in [0.2, 0.25) is 11.8 Å². The van der Waals surface area contributed by atoms with Crippen LogP contribution in [-0.2, 0) is 5.75 Å². The van der Waals surface area contributed by atoms with Crippen LogP contribution in [0.3, 0.4) is 0 Å². The summed E-state index contributed by atoms with van der Waals surface area (Å²) in [5, 5.41) is 7.98. The minimum atomic E-state index is -0.865. The van der Waals surface area contributed by atoms with Gasteiger partial charge in [-0.25, -0.2) is 8.78 Å². The zero-order valence-corrected chi connectivity index (χ0v) is 12.5. The summed E-state index contributed by atoms with van der Waals surface area (Å²) in [5.41, 5.74) is 1.96. The van der Waals surface area contributed by atoms with E-state index in [2.05, 4.69) is 10.2 Å². The molecule has 1 aromatic heterocycles. The predicted molar refractivity (Wildman–Crippen MR) is 80.4 cm³/mol. The molecule has 22 heavy (non-hydrogen) atoms. The van der Waals surface area contributed by atoms with Crippen LogP contribution in [0.15, 0.2) is 51.8 Å². The predicted octanol–water partition coefficient (Wildman–Crippen LogP) is 4.62. The number of aryl methyl sites for hydroxylation is 1. The van der Waals surface area contributed by atoms with Gasteiger partial charge in [0.1, 0.15) is 0 Å². The van der Waals surface area contributed by atoms with E-state index in [4.69, 9.17) is 4.42 Å². The normalized spacial score (nSPS) is 10.9. The molecule has 0 amide bonds. The number of thioether (sulfide) groups is 1. The first kappa shape index (κ1) is 14.7. The lowest BCUT2D eigenvalue weighted by molar-refractivity contribution is 0.505. The second-order valence-electron chi connectivity index (χ2n) is 4.74. The number of nitrogens with zero attached hydrogens (tertiary/aromatic N) is 2. The Balaban J connectivity index is 1.70. The molecule has 0 radical (unpaired) electrons. The highest BCUT2D eigenvalue weighted by Gasteiger charge is 2.10. The first-order valence-electron chi connectivity index (χ1n) is 6.59. The zero-order valence-electron chi connectivity index (χ0n) is 11.7. The summed E-state index contributed by atoms with van der Waals surface area (Å²) in [6.07, 6.45) is 0. The topological polar surface area (TPSA) is 38.9 Å². The Hall–Kier alpha value is -2.21. The van der Waals surface area contributed by atoms with Crippen molar-refractivity contribution in [1.29, 1.82) is 0 Å². The summed E-state index contributed by atoms with van der Waals surface area (Å²) in [5.74, 6) is -0.445. The first-order chi connectivity index (χ1) is 10.6. The van der Waals surface area contributed by atoms with Gasteiger partial charge in [-0.1, -0.05) is 17.7 Å². The lowest BCUT2D eigenvalue weighted by Gasteiger charge is -1.99. The lowest BCUT2D eigenvalue weighted by atomic mass is 10.1. The molecular weight excluding hydrogens is 306 g/mol. The van der Waals surface area contributed by atoms with Gasteiger partial charge >= 0.3 is 0 Å². The molecule has 0 aliphatic heterocycles. The van der Waals surface area contributed by atoms with Gasteiger partial charge in [-0.3, -0.25) is 0 Å². The Morgan fingerprint density at radius 1 is 1.05 bits per heavy atom. The molecule has 0 aliphatic carbocycles. The van der Waals surface area contributed by atoms with Crippen LogP contribution in [0.2, 0.25) is 0 Å². The van der Waals surface area contributed by atoms with E-state index in [-0.39, 0.29) is 0 Å². The van der Waals surface area contributed by atoms with E-state index in [0.29, 0.717) is 22.4 Å². The minimum absolute atomic E-state index is 0.393. The van der Waals surface area contributed by atoms with Gasteiger partial charge in [0, 0.05) is 10.5 Å². The summed E-state index contributed by atoms with van der Waals surface area (Å²) in [6.45, 7) is 1.99. The SMILES string of the molecule is Cc1cccc(-c2nnc(CSc3ccc(F)c(F)c3)o2)c1. The standard InChI is InChI=1S/C16H12F2N2OS/c1-10-3-2-4-11(7-10)16-20-19-15(21-16)9-22-12-5-6-13(17)14(18)8-12/h2-8H,9H2,1H3. The number of aromatic nitrogens is 2. The number of hydrogen-bond acceptors (Lipinski definition) is 4. The summed E-state index contributed by atoms with van der Waals surface area (Å²) in [6, 6.07) is 11.5. The van der Waals surface area contributed by atoms with Crippen molar-refractivity contribution in [3.8, 4) is 11.5 Å². The Kier molecular flexibility index (Phi) is 4.20. The number of hydrogen-bond donors (Lipinski definition) is 0. The average molecular weight is 318 g/mol. The summed E-state index contributed by atoms with van der Waals surface area (Å²) in [4.78, 5) is 0.606. The van der Waals surface area contributed by atoms with Gasteiger partial charge < -0.3 is 4.42 Å². The first-order valence-corrected chi connectivity index (χ1v) is 7.57. The van der Waals surface area contributed by atoms with Gasteiger partial charge in [0.05, 0.1) is 5.75 Å². The second kappa shape index (κ2) is 6.27. The van der Waals surface area contributed by atoms with Gasteiger partial charge in [0.25, 0.3) is 0 Å². The van der Waals surface area contributed by atoms with Crippen molar-refractivity contribution in [1.82, 2.24) is 10.2 Å². The van der Waals surface area contributed by atoms with Crippen molar-refractivity contribution in [2.75, 3.05) is 0 Å². The van der Waals surface area contributed by atoms with Crippen molar-refractivity contribution in [3.05, 3.63) is 65.6 Å². The smallest absolute Gasteiger partial charge is 0.247 e. The third-order valence-electron chi connectivity index (χ3n) is 2.99. The van der Waals surface area contributed by atoms with E-state index in [1.807, 2.05) is 31.2 Å². The molecule has 0 fully saturated rings. The third kappa shape index (κ3) is 3.33. The highest BCUT2D eigenvalue weighted by Crippen LogP contribution is 2.25. The quantitative estimate of drug-likeness (QED) is 0.658. The van der Waals surface area contributed by atoms with Crippen LogP contribution in [0, 0.1) is 18.6 Å². The summed E-state index contributed by atoms with van der Waals surface area (Å²) in [7, 11) is 0. The molecule has 0 saturated heterocycles. The maximum absolute atomic E-state index is 13.1.